The highest BCUT2D eigenvalue weighted by Crippen LogP contribution is 2.62. The molecule has 2 aromatic carbocycles. The summed E-state index contributed by atoms with van der Waals surface area (Å²) in [6.45, 7) is 6.95. The number of thioether (sulfide) groups is 1. The van der Waals surface area contributed by atoms with Crippen LogP contribution in [0.25, 0.3) is 0 Å². The maximum atomic E-state index is 11.8. The molecule has 0 spiro atoms. The van der Waals surface area contributed by atoms with Crippen molar-refractivity contribution in [3.8, 4) is 23.0 Å². The van der Waals surface area contributed by atoms with Crippen LogP contribution in [0.5, 0.6) is 23.0 Å². The van der Waals surface area contributed by atoms with Crippen LogP contribution in [0.4, 0.5) is 0 Å². The lowest BCUT2D eigenvalue weighted by Crippen LogP contribution is -2.64. The Morgan fingerprint density at radius 2 is 1.87 bits per heavy atom. The number of hydrogen-bond donors (Lipinski definition) is 2. The fourth-order valence-corrected chi connectivity index (χ4v) is 9.83. The van der Waals surface area contributed by atoms with E-state index >= 15 is 0 Å². The number of aliphatic hydroxyl groups excluding tert-OH is 2. The molecule has 0 amide bonds. The van der Waals surface area contributed by atoms with Gasteiger partial charge < -0.3 is 34.0 Å². The number of ether oxygens (including phenoxy) is 4. The number of nitrogens with zero attached hydrogens (tertiary/aromatic N) is 3. The third-order valence-corrected chi connectivity index (χ3v) is 12.1. The zero-order valence-electron chi connectivity index (χ0n) is 31.8. The molecule has 1 aliphatic heterocycles. The van der Waals surface area contributed by atoms with Gasteiger partial charge in [0, 0.05) is 56.1 Å². The maximum absolute atomic E-state index is 11.8. The molecule has 55 heavy (non-hydrogen) atoms. The number of hydrogen-bond acceptors (Lipinski definition) is 12. The molecule has 2 heterocycles. The molecule has 3 aliphatic rings. The van der Waals surface area contributed by atoms with Crippen molar-refractivity contribution >= 4 is 23.8 Å². The highest BCUT2D eigenvalue weighted by atomic mass is 32.2. The SMILES string of the molecule is C=CCO[C@@]12Oc3ccc(Oc4ccc(OC)c(C=O)c4)cc3[C@H]3[C@H](CCCCO)[C@@H](CCCCO)C=C(C(=NOCC)C[C@@H]1SCCc1cnccn1)[C@H]32. The molecular weight excluding hydrogens is 719 g/mol. The van der Waals surface area contributed by atoms with Crippen molar-refractivity contribution < 1.29 is 38.8 Å². The number of allylic oxidation sites excluding steroid dienone is 1. The fraction of sp³-hybridized carbons (Fsp3) is 0.488. The first-order chi connectivity index (χ1) is 27.0. The van der Waals surface area contributed by atoms with Crippen LogP contribution in [0.15, 0.2) is 84.4 Å². The number of aryl methyl sites for hydroxylation is 1. The topological polar surface area (TPSA) is 142 Å². The highest BCUT2D eigenvalue weighted by Gasteiger charge is 2.64. The van der Waals surface area contributed by atoms with E-state index in [0.717, 1.165) is 78.9 Å². The molecule has 1 saturated carbocycles. The first-order valence-corrected chi connectivity index (χ1v) is 20.4. The summed E-state index contributed by atoms with van der Waals surface area (Å²) in [6, 6.07) is 11.1. The zero-order valence-corrected chi connectivity index (χ0v) is 32.6. The van der Waals surface area contributed by atoms with Gasteiger partial charge in [0.1, 0.15) is 29.6 Å². The van der Waals surface area contributed by atoms with Crippen LogP contribution in [0, 0.1) is 17.8 Å². The van der Waals surface area contributed by atoms with Crippen molar-refractivity contribution in [1.29, 1.82) is 0 Å². The summed E-state index contributed by atoms with van der Waals surface area (Å²) in [6.07, 6.45) is 16.3. The van der Waals surface area contributed by atoms with Crippen molar-refractivity contribution in [2.45, 2.75) is 75.2 Å². The minimum atomic E-state index is -1.07. The second kappa shape index (κ2) is 19.6. The summed E-state index contributed by atoms with van der Waals surface area (Å²) in [5.41, 5.74) is 4.29. The molecule has 12 heteroatoms. The number of carbonyl (C=O) groups is 1. The Kier molecular flexibility index (Phi) is 14.4. The van der Waals surface area contributed by atoms with E-state index in [1.807, 2.05) is 19.1 Å². The van der Waals surface area contributed by atoms with Gasteiger partial charge in [-0.05, 0) is 92.2 Å². The van der Waals surface area contributed by atoms with Crippen molar-refractivity contribution in [2.75, 3.05) is 39.3 Å². The Morgan fingerprint density at radius 1 is 1.07 bits per heavy atom. The minimum Gasteiger partial charge on any atom is -0.496 e. The Morgan fingerprint density at radius 3 is 2.60 bits per heavy atom. The van der Waals surface area contributed by atoms with Crippen molar-refractivity contribution in [3.05, 3.63) is 96.1 Å². The van der Waals surface area contributed by atoms with Gasteiger partial charge >= 0.3 is 0 Å². The van der Waals surface area contributed by atoms with Crippen molar-refractivity contribution in [2.24, 2.45) is 22.9 Å². The van der Waals surface area contributed by atoms with Gasteiger partial charge in [-0.3, -0.25) is 14.8 Å². The number of oxime groups is 1. The smallest absolute Gasteiger partial charge is 0.230 e. The van der Waals surface area contributed by atoms with Crippen LogP contribution < -0.4 is 14.2 Å². The Hall–Kier alpha value is -4.23. The number of benzene rings is 2. The number of methoxy groups -OCH3 is 1. The van der Waals surface area contributed by atoms with Crippen LogP contribution in [-0.4, -0.2) is 82.5 Å². The van der Waals surface area contributed by atoms with E-state index in [1.165, 1.54) is 7.11 Å². The zero-order chi connectivity index (χ0) is 38.6. The standard InChI is InChI=1S/C43H53N3O8S/c1-4-21-51-43-40(55-22-16-31-27-44-17-18-45-31)26-37(46-52-5-2)35-24-29(10-6-8-19-47)34(11-7-9-20-48)41(42(35)43)36-25-33(13-15-39(36)54-43)53-32-12-14-38(50-3)30(23-32)28-49/h4,12-15,17-18,23-25,27-29,34,40-42,47-48H,1,5-11,16,19-22,26H2,2-3H3/t29-,34+,40-,41+,42+,43+/m0/s1. The van der Waals surface area contributed by atoms with E-state index < -0.39 is 5.79 Å². The number of aromatic nitrogens is 2. The van der Waals surface area contributed by atoms with Gasteiger partial charge in [-0.1, -0.05) is 30.1 Å². The summed E-state index contributed by atoms with van der Waals surface area (Å²) in [5, 5.41) is 24.3. The van der Waals surface area contributed by atoms with Gasteiger partial charge in [0.05, 0.1) is 41.9 Å². The molecule has 6 rings (SSSR count). The van der Waals surface area contributed by atoms with Crippen LogP contribution in [0.2, 0.25) is 0 Å². The Labute approximate surface area is 328 Å². The summed E-state index contributed by atoms with van der Waals surface area (Å²) in [4.78, 5) is 26.4. The summed E-state index contributed by atoms with van der Waals surface area (Å²) in [7, 11) is 1.53. The third-order valence-electron chi connectivity index (χ3n) is 10.8. The average molecular weight is 772 g/mol. The lowest BCUT2D eigenvalue weighted by atomic mass is 9.56. The molecule has 3 aromatic rings. The molecule has 0 bridgehead atoms. The third kappa shape index (κ3) is 9.09. The van der Waals surface area contributed by atoms with Gasteiger partial charge in [0.2, 0.25) is 5.79 Å². The first kappa shape index (κ1) is 40.4. The highest BCUT2D eigenvalue weighted by molar-refractivity contribution is 8.00. The number of aldehydes is 1. The number of carbonyl (C=O) groups excluding carboxylic acids is 1. The maximum Gasteiger partial charge on any atom is 0.230 e. The van der Waals surface area contributed by atoms with Crippen LogP contribution in [0.3, 0.4) is 0 Å². The minimum absolute atomic E-state index is 0.0773. The number of unbranched alkanes of at least 4 members (excludes halogenated alkanes) is 2. The van der Waals surface area contributed by atoms with Crippen LogP contribution in [-0.2, 0) is 16.0 Å². The Bertz CT molecular complexity index is 1810. The molecule has 0 radical (unpaired) electrons. The van der Waals surface area contributed by atoms with Gasteiger partial charge in [0.15, 0.2) is 6.29 Å². The molecule has 1 fully saturated rings. The summed E-state index contributed by atoms with van der Waals surface area (Å²) < 4.78 is 26.0. The molecule has 1 aromatic heterocycles. The summed E-state index contributed by atoms with van der Waals surface area (Å²) >= 11 is 1.79. The second-order valence-electron chi connectivity index (χ2n) is 14.1. The molecule has 11 nitrogen and oxygen atoms in total. The molecular formula is C43H53N3O8S. The van der Waals surface area contributed by atoms with Crippen molar-refractivity contribution in [1.82, 2.24) is 9.97 Å². The van der Waals surface area contributed by atoms with E-state index in [9.17, 15) is 15.0 Å². The summed E-state index contributed by atoms with van der Waals surface area (Å²) in [5.74, 6) is 2.00. The van der Waals surface area contributed by atoms with Gasteiger partial charge in [-0.25, -0.2) is 0 Å². The Balaban J connectivity index is 1.49. The van der Waals surface area contributed by atoms with E-state index in [4.69, 9.17) is 28.9 Å². The quantitative estimate of drug-likeness (QED) is 0.0476. The molecule has 6 atom stereocenters. The molecule has 2 aliphatic carbocycles. The van der Waals surface area contributed by atoms with E-state index in [0.29, 0.717) is 42.3 Å². The first-order valence-electron chi connectivity index (χ1n) is 19.4. The molecule has 0 saturated heterocycles. The number of aliphatic hydroxyl groups is 2. The number of fused-ring (bicyclic) bond motifs is 2. The normalized spacial score (nSPS) is 24.5. The largest absolute Gasteiger partial charge is 0.496 e. The lowest BCUT2D eigenvalue weighted by molar-refractivity contribution is -0.223. The van der Waals surface area contributed by atoms with Gasteiger partial charge in [0.25, 0.3) is 0 Å². The predicted molar refractivity (Wildman–Crippen MR) is 213 cm³/mol. The van der Waals surface area contributed by atoms with E-state index in [1.54, 1.807) is 54.6 Å². The van der Waals surface area contributed by atoms with Crippen LogP contribution in [0.1, 0.15) is 79.4 Å². The molecule has 294 valence electrons. The second-order valence-corrected chi connectivity index (χ2v) is 15.4. The van der Waals surface area contributed by atoms with E-state index in [2.05, 4.69) is 28.7 Å². The fourth-order valence-electron chi connectivity index (χ4n) is 8.45. The van der Waals surface area contributed by atoms with Crippen molar-refractivity contribution in [3.63, 3.8) is 0 Å². The van der Waals surface area contributed by atoms with E-state index in [-0.39, 0.29) is 48.7 Å². The molecule has 2 N–H and O–H groups in total. The average Bonchev–Trinajstić information content (AvgIpc) is 3.21. The monoisotopic (exact) mass is 771 g/mol. The predicted octanol–water partition coefficient (Wildman–Crippen LogP) is 7.72. The molecule has 0 unspecified atom stereocenters. The van der Waals surface area contributed by atoms with Gasteiger partial charge in [-0.15, -0.1) is 6.58 Å². The van der Waals surface area contributed by atoms with Crippen LogP contribution >= 0.6 is 11.8 Å². The van der Waals surface area contributed by atoms with Gasteiger partial charge in [-0.2, -0.15) is 11.8 Å². The lowest BCUT2D eigenvalue weighted by Gasteiger charge is -2.58. The number of rotatable bonds is 21.